The molecule has 1 heterocycles. The van der Waals surface area contributed by atoms with Crippen molar-refractivity contribution in [1.82, 2.24) is 4.72 Å². The molecule has 0 radical (unpaired) electrons. The van der Waals surface area contributed by atoms with E-state index in [0.29, 0.717) is 16.8 Å². The van der Waals surface area contributed by atoms with Crippen molar-refractivity contribution >= 4 is 34.7 Å². The third-order valence-corrected chi connectivity index (χ3v) is 4.93. The highest BCUT2D eigenvalue weighted by Crippen LogP contribution is 2.38. The lowest BCUT2D eigenvalue weighted by Crippen LogP contribution is -2.23. The van der Waals surface area contributed by atoms with Crippen molar-refractivity contribution in [1.29, 1.82) is 5.41 Å². The minimum Gasteiger partial charge on any atom is -0.506 e. The molecule has 130 valence electrons. The second kappa shape index (κ2) is 6.52. The van der Waals surface area contributed by atoms with E-state index >= 15 is 4.39 Å². The number of rotatable bonds is 4. The van der Waals surface area contributed by atoms with Gasteiger partial charge in [-0.05, 0) is 29.8 Å². The molecular weight excluding hydrogens is 347 g/mol. The van der Waals surface area contributed by atoms with Gasteiger partial charge in [0.25, 0.3) is 5.91 Å². The molecule has 1 atom stereocenters. The third kappa shape index (κ3) is 2.93. The van der Waals surface area contributed by atoms with Gasteiger partial charge in [-0.2, -0.15) is 0 Å². The Morgan fingerprint density at radius 1 is 1.40 bits per heavy atom. The molecule has 2 aromatic rings. The average Bonchev–Trinajstić information content (AvgIpc) is 2.92. The van der Waals surface area contributed by atoms with E-state index in [1.54, 1.807) is 25.2 Å². The van der Waals surface area contributed by atoms with E-state index in [1.165, 1.54) is 12.1 Å². The maximum Gasteiger partial charge on any atom is 0.253 e. The van der Waals surface area contributed by atoms with Gasteiger partial charge in [0.1, 0.15) is 18.0 Å². The molecule has 3 rings (SSSR count). The molecule has 0 aromatic heterocycles. The smallest absolute Gasteiger partial charge is 0.253 e. The van der Waals surface area contributed by atoms with Crippen LogP contribution >= 0.6 is 0 Å². The summed E-state index contributed by atoms with van der Waals surface area (Å²) in [6.45, 7) is -0.314. The highest BCUT2D eigenvalue weighted by molar-refractivity contribution is 7.85. The van der Waals surface area contributed by atoms with Gasteiger partial charge < -0.3 is 15.8 Å². The van der Waals surface area contributed by atoms with Gasteiger partial charge in [0.2, 0.25) is 11.2 Å². The molecule has 1 unspecified atom stereocenters. The van der Waals surface area contributed by atoms with Gasteiger partial charge in [-0.1, -0.05) is 6.07 Å². The van der Waals surface area contributed by atoms with Crippen molar-refractivity contribution in [2.75, 3.05) is 23.2 Å². The van der Waals surface area contributed by atoms with Gasteiger partial charge in [0.05, 0.1) is 0 Å². The van der Waals surface area contributed by atoms with Gasteiger partial charge in [-0.25, -0.2) is 8.60 Å². The Hall–Kier alpha value is -2.94. The molecule has 4 N–H and O–H groups in total. The number of amides is 1. The van der Waals surface area contributed by atoms with Gasteiger partial charge in [0.15, 0.2) is 5.82 Å². The summed E-state index contributed by atoms with van der Waals surface area (Å²) in [6, 6.07) is 7.68. The average molecular weight is 362 g/mol. The number of nitrogens with zero attached hydrogens (tertiary/aromatic N) is 1. The quantitative estimate of drug-likeness (QED) is 0.622. The maximum atomic E-state index is 15.0. The summed E-state index contributed by atoms with van der Waals surface area (Å²) in [7, 11) is 1.72. The van der Waals surface area contributed by atoms with Crippen LogP contribution in [0.15, 0.2) is 30.3 Å². The lowest BCUT2D eigenvalue weighted by Gasteiger charge is -2.18. The summed E-state index contributed by atoms with van der Waals surface area (Å²) < 4.78 is 30.1. The van der Waals surface area contributed by atoms with Crippen LogP contribution in [0.2, 0.25) is 0 Å². The Morgan fingerprint density at radius 3 is 2.76 bits per heavy atom. The van der Waals surface area contributed by atoms with E-state index in [1.807, 2.05) is 0 Å². The molecular formula is C16H15FN4O3S. The molecule has 2 aromatic carbocycles. The summed E-state index contributed by atoms with van der Waals surface area (Å²) in [4.78, 5) is 11.4. The van der Waals surface area contributed by atoms with Crippen LogP contribution in [0, 0.1) is 11.2 Å². The highest BCUT2D eigenvalue weighted by atomic mass is 32.2. The fraction of sp³-hybridized carbons (Fsp3) is 0.125. The summed E-state index contributed by atoms with van der Waals surface area (Å²) >= 11 is -1.95. The Balaban J connectivity index is 2.13. The number of anilines is 2. The van der Waals surface area contributed by atoms with Crippen molar-refractivity contribution in [2.24, 2.45) is 0 Å². The molecule has 9 heteroatoms. The molecule has 0 bridgehead atoms. The number of phenolic OH excluding ortho intramolecular Hbond substituents is 1. The molecule has 1 aliphatic heterocycles. The first-order chi connectivity index (χ1) is 12.0. The zero-order valence-corrected chi connectivity index (χ0v) is 14.0. The Bertz CT molecular complexity index is 903. The van der Waals surface area contributed by atoms with Crippen LogP contribution in [0.25, 0.3) is 11.1 Å². The van der Waals surface area contributed by atoms with Gasteiger partial charge in [-0.3, -0.25) is 13.8 Å². The standard InChI is InChI=1S/C16H15FN4O3S/c1-19-12-4-2-9(6-10(12)7-18)11-3-5-13(22)16(15(11)17)21-8-14(23)20-25(21)24/h2-7,18-19,22H,8H2,1H3,(H,20,23). The van der Waals surface area contributed by atoms with Crippen LogP contribution in [0.5, 0.6) is 5.75 Å². The van der Waals surface area contributed by atoms with E-state index in [9.17, 15) is 14.1 Å². The van der Waals surface area contributed by atoms with Crippen molar-refractivity contribution in [3.8, 4) is 16.9 Å². The van der Waals surface area contributed by atoms with Gasteiger partial charge in [-0.15, -0.1) is 0 Å². The number of carbonyl (C=O) groups is 1. The summed E-state index contributed by atoms with van der Waals surface area (Å²) in [5.41, 5.74) is 1.63. The Morgan fingerprint density at radius 2 is 2.16 bits per heavy atom. The SMILES string of the molecule is CNc1ccc(-c2ccc(O)c(N3CC(=O)NS3=O)c2F)cc1C=N. The number of benzene rings is 2. The molecule has 0 saturated carbocycles. The number of hydrogen-bond donors (Lipinski definition) is 4. The van der Waals surface area contributed by atoms with Gasteiger partial charge in [0, 0.05) is 30.1 Å². The summed E-state index contributed by atoms with van der Waals surface area (Å²) in [6.07, 6.45) is 1.15. The van der Waals surface area contributed by atoms with Crippen LogP contribution in [-0.4, -0.2) is 35.0 Å². The van der Waals surface area contributed by atoms with E-state index in [-0.39, 0.29) is 17.8 Å². The predicted octanol–water partition coefficient (Wildman–Crippen LogP) is 1.75. The lowest BCUT2D eigenvalue weighted by molar-refractivity contribution is -0.117. The van der Waals surface area contributed by atoms with Crippen LogP contribution in [0.1, 0.15) is 5.56 Å². The molecule has 1 saturated heterocycles. The normalized spacial score (nSPS) is 16.6. The minimum absolute atomic E-state index is 0.162. The predicted molar refractivity (Wildman–Crippen MR) is 94.6 cm³/mol. The second-order valence-corrected chi connectivity index (χ2v) is 6.45. The molecule has 1 fully saturated rings. The van der Waals surface area contributed by atoms with E-state index in [0.717, 1.165) is 10.5 Å². The third-order valence-electron chi connectivity index (χ3n) is 3.82. The maximum absolute atomic E-state index is 15.0. The number of hydrogen-bond acceptors (Lipinski definition) is 5. The van der Waals surface area contributed by atoms with Crippen molar-refractivity contribution in [2.45, 2.75) is 0 Å². The zero-order valence-electron chi connectivity index (χ0n) is 13.2. The van der Waals surface area contributed by atoms with E-state index in [4.69, 9.17) is 5.41 Å². The van der Waals surface area contributed by atoms with Crippen molar-refractivity contribution in [3.63, 3.8) is 0 Å². The van der Waals surface area contributed by atoms with Gasteiger partial charge >= 0.3 is 0 Å². The minimum atomic E-state index is -1.95. The van der Waals surface area contributed by atoms with E-state index < -0.39 is 28.6 Å². The fourth-order valence-electron chi connectivity index (χ4n) is 2.63. The first-order valence-electron chi connectivity index (χ1n) is 7.29. The number of aromatic hydroxyl groups is 1. The molecule has 1 amide bonds. The summed E-state index contributed by atoms with van der Waals surface area (Å²) in [5, 5.41) is 20.4. The fourth-order valence-corrected chi connectivity index (χ4v) is 3.57. The van der Waals surface area contributed by atoms with Crippen molar-refractivity contribution in [3.05, 3.63) is 41.7 Å². The number of carbonyl (C=O) groups excluding carboxylic acids is 1. The van der Waals surface area contributed by atoms with Crippen LogP contribution in [-0.2, 0) is 16.0 Å². The van der Waals surface area contributed by atoms with Crippen LogP contribution in [0.4, 0.5) is 15.8 Å². The van der Waals surface area contributed by atoms with E-state index in [2.05, 4.69) is 10.0 Å². The molecule has 1 aliphatic rings. The monoisotopic (exact) mass is 362 g/mol. The van der Waals surface area contributed by atoms with Crippen LogP contribution in [0.3, 0.4) is 0 Å². The van der Waals surface area contributed by atoms with Crippen molar-refractivity contribution < 1.29 is 18.5 Å². The first-order valence-corrected chi connectivity index (χ1v) is 8.40. The molecule has 0 aliphatic carbocycles. The second-order valence-electron chi connectivity index (χ2n) is 5.30. The number of phenols is 1. The zero-order chi connectivity index (χ0) is 18.1. The highest BCUT2D eigenvalue weighted by Gasteiger charge is 2.32. The Labute approximate surface area is 145 Å². The largest absolute Gasteiger partial charge is 0.506 e. The first kappa shape index (κ1) is 16.9. The number of nitrogens with one attached hydrogen (secondary N) is 3. The molecule has 25 heavy (non-hydrogen) atoms. The lowest BCUT2D eigenvalue weighted by atomic mass is 10.0. The molecule has 7 nitrogen and oxygen atoms in total. The summed E-state index contributed by atoms with van der Waals surface area (Å²) in [5.74, 6) is -1.73. The number of halogens is 1. The molecule has 0 spiro atoms. The topological polar surface area (TPSA) is 106 Å². The van der Waals surface area contributed by atoms with Crippen LogP contribution < -0.4 is 14.3 Å². The Kier molecular flexibility index (Phi) is 4.41.